The first kappa shape index (κ1) is 9.39. The van der Waals surface area contributed by atoms with Gasteiger partial charge in [0, 0.05) is 12.0 Å². The van der Waals surface area contributed by atoms with Crippen LogP contribution in [-0.4, -0.2) is 6.04 Å². The zero-order valence-corrected chi connectivity index (χ0v) is 7.27. The summed E-state index contributed by atoms with van der Waals surface area (Å²) in [4.78, 5) is 0. The summed E-state index contributed by atoms with van der Waals surface area (Å²) >= 11 is 0. The highest BCUT2D eigenvalue weighted by atomic mass is 19.2. The van der Waals surface area contributed by atoms with Gasteiger partial charge in [0.2, 0.25) is 0 Å². The zero-order chi connectivity index (χ0) is 9.30. The van der Waals surface area contributed by atoms with E-state index in [-0.39, 0.29) is 6.04 Å². The van der Waals surface area contributed by atoms with Crippen molar-refractivity contribution in [3.05, 3.63) is 23.3 Å². The summed E-state index contributed by atoms with van der Waals surface area (Å²) in [5, 5.41) is 0. The van der Waals surface area contributed by atoms with Crippen molar-refractivity contribution in [1.29, 1.82) is 0 Å². The van der Waals surface area contributed by atoms with E-state index in [1.807, 2.05) is 0 Å². The standard InChI is InChI=1S/C9H13F2N/c1-5-3-7(10)9(11)6(2)4-8(5)12/h3,6,8H,4,12H2,1-2H3/t6?,8-/m0/s1. The molecule has 0 saturated heterocycles. The van der Waals surface area contributed by atoms with Crippen molar-refractivity contribution in [1.82, 2.24) is 0 Å². The molecule has 1 rings (SSSR count). The normalized spacial score (nSPS) is 31.6. The Balaban J connectivity index is 2.97. The molecule has 0 aromatic carbocycles. The van der Waals surface area contributed by atoms with Gasteiger partial charge in [0.1, 0.15) is 5.83 Å². The third kappa shape index (κ3) is 1.72. The van der Waals surface area contributed by atoms with Gasteiger partial charge in [-0.15, -0.1) is 0 Å². The van der Waals surface area contributed by atoms with Crippen LogP contribution in [0.2, 0.25) is 0 Å². The van der Waals surface area contributed by atoms with E-state index in [9.17, 15) is 8.78 Å². The Morgan fingerprint density at radius 1 is 1.50 bits per heavy atom. The van der Waals surface area contributed by atoms with E-state index in [0.717, 1.165) is 0 Å². The topological polar surface area (TPSA) is 26.0 Å². The van der Waals surface area contributed by atoms with Gasteiger partial charge in [-0.05, 0) is 19.4 Å². The first-order valence-corrected chi connectivity index (χ1v) is 4.01. The van der Waals surface area contributed by atoms with Gasteiger partial charge in [0.25, 0.3) is 0 Å². The van der Waals surface area contributed by atoms with Crippen molar-refractivity contribution in [3.63, 3.8) is 0 Å². The Hall–Kier alpha value is -0.700. The van der Waals surface area contributed by atoms with Crippen molar-refractivity contribution < 1.29 is 8.78 Å². The minimum absolute atomic E-state index is 0.223. The van der Waals surface area contributed by atoms with Crippen LogP contribution < -0.4 is 5.73 Å². The summed E-state index contributed by atoms with van der Waals surface area (Å²) in [6, 6.07) is -0.223. The maximum Gasteiger partial charge on any atom is 0.154 e. The monoisotopic (exact) mass is 173 g/mol. The van der Waals surface area contributed by atoms with E-state index < -0.39 is 17.6 Å². The molecule has 0 bridgehead atoms. The molecule has 0 fully saturated rings. The van der Waals surface area contributed by atoms with Gasteiger partial charge in [-0.25, -0.2) is 8.78 Å². The van der Waals surface area contributed by atoms with Gasteiger partial charge in [0.15, 0.2) is 5.83 Å². The molecule has 0 aliphatic heterocycles. The largest absolute Gasteiger partial charge is 0.324 e. The van der Waals surface area contributed by atoms with Gasteiger partial charge < -0.3 is 5.73 Å². The molecule has 0 saturated carbocycles. The quantitative estimate of drug-likeness (QED) is 0.598. The van der Waals surface area contributed by atoms with Crippen LogP contribution >= 0.6 is 0 Å². The summed E-state index contributed by atoms with van der Waals surface area (Å²) in [5.74, 6) is -1.86. The first-order chi connectivity index (χ1) is 5.52. The minimum Gasteiger partial charge on any atom is -0.324 e. The fourth-order valence-corrected chi connectivity index (χ4v) is 1.28. The average molecular weight is 173 g/mol. The fourth-order valence-electron chi connectivity index (χ4n) is 1.28. The van der Waals surface area contributed by atoms with Crippen LogP contribution in [0.1, 0.15) is 20.3 Å². The second-order valence-corrected chi connectivity index (χ2v) is 3.33. The molecule has 2 N–H and O–H groups in total. The predicted molar refractivity (Wildman–Crippen MR) is 44.8 cm³/mol. The maximum atomic E-state index is 13.0. The van der Waals surface area contributed by atoms with Crippen LogP contribution in [0.15, 0.2) is 23.3 Å². The third-order valence-corrected chi connectivity index (χ3v) is 2.21. The van der Waals surface area contributed by atoms with Gasteiger partial charge in [0.05, 0.1) is 0 Å². The van der Waals surface area contributed by atoms with Gasteiger partial charge in [-0.3, -0.25) is 0 Å². The smallest absolute Gasteiger partial charge is 0.154 e. The highest BCUT2D eigenvalue weighted by molar-refractivity contribution is 5.26. The number of hydrogen-bond acceptors (Lipinski definition) is 1. The SMILES string of the molecule is CC1=CC(F)=C(F)C(C)C[C@@H]1N. The van der Waals surface area contributed by atoms with Crippen LogP contribution in [0.25, 0.3) is 0 Å². The van der Waals surface area contributed by atoms with Gasteiger partial charge in [-0.1, -0.05) is 12.5 Å². The van der Waals surface area contributed by atoms with Crippen LogP contribution in [0.3, 0.4) is 0 Å². The van der Waals surface area contributed by atoms with Crippen LogP contribution in [0.5, 0.6) is 0 Å². The molecule has 2 atom stereocenters. The van der Waals surface area contributed by atoms with E-state index in [2.05, 4.69) is 0 Å². The molecule has 0 heterocycles. The molecule has 0 aromatic rings. The van der Waals surface area contributed by atoms with Crippen molar-refractivity contribution in [3.8, 4) is 0 Å². The number of nitrogens with two attached hydrogens (primary N) is 1. The summed E-state index contributed by atoms with van der Waals surface area (Å²) < 4.78 is 25.9. The van der Waals surface area contributed by atoms with Gasteiger partial charge in [-0.2, -0.15) is 0 Å². The fraction of sp³-hybridized carbons (Fsp3) is 0.556. The summed E-state index contributed by atoms with van der Waals surface area (Å²) in [6.07, 6.45) is 1.66. The average Bonchev–Trinajstić information content (AvgIpc) is 2.07. The summed E-state index contributed by atoms with van der Waals surface area (Å²) in [6.45, 7) is 3.36. The molecule has 1 unspecified atom stereocenters. The second-order valence-electron chi connectivity index (χ2n) is 3.33. The number of hydrogen-bond donors (Lipinski definition) is 1. The van der Waals surface area contributed by atoms with Crippen LogP contribution in [0.4, 0.5) is 8.78 Å². The van der Waals surface area contributed by atoms with E-state index >= 15 is 0 Å². The molecule has 1 aliphatic rings. The van der Waals surface area contributed by atoms with Crippen LogP contribution in [0, 0.1) is 5.92 Å². The molecule has 0 aromatic heterocycles. The lowest BCUT2D eigenvalue weighted by Crippen LogP contribution is -2.23. The molecule has 3 heteroatoms. The molecule has 12 heavy (non-hydrogen) atoms. The second kappa shape index (κ2) is 3.35. The van der Waals surface area contributed by atoms with E-state index in [1.54, 1.807) is 13.8 Å². The Bertz CT molecular complexity index is 243. The highest BCUT2D eigenvalue weighted by Crippen LogP contribution is 2.28. The number of halogens is 2. The number of allylic oxidation sites excluding steroid dienone is 3. The van der Waals surface area contributed by atoms with Crippen LogP contribution in [-0.2, 0) is 0 Å². The predicted octanol–water partition coefficient (Wildman–Crippen LogP) is 2.45. The lowest BCUT2D eigenvalue weighted by Gasteiger charge is -2.12. The Morgan fingerprint density at radius 3 is 2.67 bits per heavy atom. The maximum absolute atomic E-state index is 13.0. The number of rotatable bonds is 0. The van der Waals surface area contributed by atoms with Gasteiger partial charge >= 0.3 is 0 Å². The first-order valence-electron chi connectivity index (χ1n) is 4.01. The van der Waals surface area contributed by atoms with Crippen molar-refractivity contribution >= 4 is 0 Å². The van der Waals surface area contributed by atoms with E-state index in [1.165, 1.54) is 6.08 Å². The summed E-state index contributed by atoms with van der Waals surface area (Å²) in [7, 11) is 0. The van der Waals surface area contributed by atoms with E-state index in [4.69, 9.17) is 5.73 Å². The molecular weight excluding hydrogens is 160 g/mol. The van der Waals surface area contributed by atoms with Crippen molar-refractivity contribution in [2.24, 2.45) is 11.7 Å². The molecular formula is C9H13F2N. The Labute approximate surface area is 70.9 Å². The Morgan fingerprint density at radius 2 is 2.08 bits per heavy atom. The Kier molecular flexibility index (Phi) is 2.62. The lowest BCUT2D eigenvalue weighted by atomic mass is 9.99. The van der Waals surface area contributed by atoms with Crippen molar-refractivity contribution in [2.45, 2.75) is 26.3 Å². The zero-order valence-electron chi connectivity index (χ0n) is 7.27. The molecule has 68 valence electrons. The third-order valence-electron chi connectivity index (χ3n) is 2.21. The molecule has 0 spiro atoms. The molecule has 1 nitrogen and oxygen atoms in total. The molecule has 0 amide bonds. The lowest BCUT2D eigenvalue weighted by molar-refractivity contribution is 0.428. The van der Waals surface area contributed by atoms with Crippen molar-refractivity contribution in [2.75, 3.05) is 0 Å². The minimum atomic E-state index is -0.770. The molecule has 1 aliphatic carbocycles. The summed E-state index contributed by atoms with van der Waals surface area (Å²) in [5.41, 5.74) is 6.37. The molecule has 0 radical (unpaired) electrons. The van der Waals surface area contributed by atoms with E-state index in [0.29, 0.717) is 12.0 Å². The highest BCUT2D eigenvalue weighted by Gasteiger charge is 2.21.